The average Bonchev–Trinajstić information content (AvgIpc) is 3.43. The van der Waals surface area contributed by atoms with Crippen molar-refractivity contribution in [1.82, 2.24) is 19.4 Å². The highest BCUT2D eigenvalue weighted by Gasteiger charge is 2.37. The van der Waals surface area contributed by atoms with Crippen LogP contribution in [-0.4, -0.2) is 70.7 Å². The maximum absolute atomic E-state index is 13.0. The molecule has 1 aromatic heterocycles. The van der Waals surface area contributed by atoms with Gasteiger partial charge in [0.15, 0.2) is 0 Å². The molecule has 30 heavy (non-hydrogen) atoms. The van der Waals surface area contributed by atoms with Gasteiger partial charge in [-0.15, -0.1) is 5.10 Å². The first-order chi connectivity index (χ1) is 14.6. The maximum Gasteiger partial charge on any atom is 0.236 e. The zero-order valence-electron chi connectivity index (χ0n) is 17.4. The lowest BCUT2D eigenvalue weighted by Crippen LogP contribution is -2.47. The lowest BCUT2D eigenvalue weighted by atomic mass is 9.87. The van der Waals surface area contributed by atoms with E-state index in [1.807, 2.05) is 22.4 Å². The van der Waals surface area contributed by atoms with E-state index < -0.39 is 0 Å². The van der Waals surface area contributed by atoms with Gasteiger partial charge in [0.05, 0.1) is 18.3 Å². The van der Waals surface area contributed by atoms with E-state index in [0.29, 0.717) is 13.1 Å². The molecule has 0 saturated carbocycles. The van der Waals surface area contributed by atoms with Crippen molar-refractivity contribution in [1.29, 1.82) is 0 Å². The van der Waals surface area contributed by atoms with Crippen LogP contribution in [0.1, 0.15) is 49.3 Å². The van der Waals surface area contributed by atoms with E-state index in [1.54, 1.807) is 0 Å². The molecule has 0 bridgehead atoms. The minimum atomic E-state index is 0.178. The SMILES string of the molecule is CCCO[C@@H]1CCCN(C(=O)CN2C[C@@H](c3ccc(Cl)cc3)[C@H](c3csnn3)C2)C1. The molecule has 0 radical (unpaired) electrons. The number of halogens is 1. The summed E-state index contributed by atoms with van der Waals surface area (Å²) in [6.07, 6.45) is 3.25. The monoisotopic (exact) mass is 448 g/mol. The zero-order valence-corrected chi connectivity index (χ0v) is 18.9. The number of likely N-dealkylation sites (tertiary alicyclic amines) is 2. The Kier molecular flexibility index (Phi) is 7.36. The Morgan fingerprint density at radius 2 is 2.03 bits per heavy atom. The number of aromatic nitrogens is 2. The topological polar surface area (TPSA) is 58.6 Å². The minimum absolute atomic E-state index is 0.178. The van der Waals surface area contributed by atoms with Gasteiger partial charge in [-0.3, -0.25) is 9.69 Å². The van der Waals surface area contributed by atoms with E-state index in [9.17, 15) is 4.79 Å². The molecule has 3 atom stereocenters. The van der Waals surface area contributed by atoms with Crippen LogP contribution >= 0.6 is 23.1 Å². The van der Waals surface area contributed by atoms with Crippen LogP contribution in [-0.2, 0) is 9.53 Å². The molecule has 1 amide bonds. The Bertz CT molecular complexity index is 817. The van der Waals surface area contributed by atoms with Gasteiger partial charge < -0.3 is 9.64 Å². The first kappa shape index (κ1) is 21.7. The second-order valence-corrected chi connectivity index (χ2v) is 9.31. The Labute approximate surface area is 187 Å². The summed E-state index contributed by atoms with van der Waals surface area (Å²) in [6.45, 7) is 6.52. The standard InChI is InChI=1S/C22H29ClN4O2S/c1-2-10-29-18-4-3-9-27(11-18)22(28)14-26-12-19(16-5-7-17(23)8-6-16)20(13-26)21-15-30-25-24-21/h5-8,15,18-20H,2-4,9-14H2,1H3/t18-,19+,20-/m1/s1. The largest absolute Gasteiger partial charge is 0.376 e. The molecule has 0 N–H and O–H groups in total. The predicted octanol–water partition coefficient (Wildman–Crippen LogP) is 3.79. The molecule has 2 aliphatic rings. The summed E-state index contributed by atoms with van der Waals surface area (Å²) >= 11 is 7.47. The van der Waals surface area contributed by atoms with Gasteiger partial charge in [0, 0.05) is 55.0 Å². The van der Waals surface area contributed by atoms with Gasteiger partial charge in [0.25, 0.3) is 0 Å². The van der Waals surface area contributed by atoms with Gasteiger partial charge >= 0.3 is 0 Å². The molecule has 2 fully saturated rings. The van der Waals surface area contributed by atoms with Crippen LogP contribution in [0.3, 0.4) is 0 Å². The van der Waals surface area contributed by atoms with Gasteiger partial charge in [-0.05, 0) is 48.5 Å². The molecule has 4 rings (SSSR count). The van der Waals surface area contributed by atoms with Gasteiger partial charge in [-0.2, -0.15) is 0 Å². The van der Waals surface area contributed by atoms with Crippen molar-refractivity contribution < 1.29 is 9.53 Å². The highest BCUT2D eigenvalue weighted by atomic mass is 35.5. The van der Waals surface area contributed by atoms with Crippen molar-refractivity contribution in [2.24, 2.45) is 0 Å². The smallest absolute Gasteiger partial charge is 0.236 e. The Hall–Kier alpha value is -1.54. The molecule has 6 nitrogen and oxygen atoms in total. The minimum Gasteiger partial charge on any atom is -0.376 e. The number of rotatable bonds is 7. The van der Waals surface area contributed by atoms with Crippen molar-refractivity contribution in [2.75, 3.05) is 39.3 Å². The van der Waals surface area contributed by atoms with E-state index in [1.165, 1.54) is 17.1 Å². The first-order valence-corrected chi connectivity index (χ1v) is 12.0. The Balaban J connectivity index is 1.42. The molecule has 2 saturated heterocycles. The van der Waals surface area contributed by atoms with Crippen molar-refractivity contribution in [2.45, 2.75) is 44.1 Å². The Morgan fingerprint density at radius 1 is 1.23 bits per heavy atom. The Morgan fingerprint density at radius 3 is 2.77 bits per heavy atom. The number of piperidine rings is 1. The second-order valence-electron chi connectivity index (χ2n) is 8.26. The number of nitrogens with zero attached hydrogens (tertiary/aromatic N) is 4. The molecule has 8 heteroatoms. The summed E-state index contributed by atoms with van der Waals surface area (Å²) in [4.78, 5) is 17.3. The summed E-state index contributed by atoms with van der Waals surface area (Å²) < 4.78 is 9.96. The molecule has 162 valence electrons. The van der Waals surface area contributed by atoms with E-state index >= 15 is 0 Å². The lowest BCUT2D eigenvalue weighted by molar-refractivity contribution is -0.136. The molecule has 1 aromatic carbocycles. The third-order valence-corrected chi connectivity index (χ3v) is 6.87. The van der Waals surface area contributed by atoms with Gasteiger partial charge in [0.2, 0.25) is 5.91 Å². The van der Waals surface area contributed by atoms with Crippen LogP contribution in [0.4, 0.5) is 0 Å². The highest BCUT2D eigenvalue weighted by Crippen LogP contribution is 2.39. The number of amides is 1. The fraction of sp³-hybridized carbons (Fsp3) is 0.591. The number of benzene rings is 1. The molecule has 2 aliphatic heterocycles. The van der Waals surface area contributed by atoms with Crippen LogP contribution in [0, 0.1) is 0 Å². The van der Waals surface area contributed by atoms with Crippen LogP contribution in [0.15, 0.2) is 29.6 Å². The summed E-state index contributed by atoms with van der Waals surface area (Å²) in [5.74, 6) is 0.715. The zero-order chi connectivity index (χ0) is 20.9. The van der Waals surface area contributed by atoms with Gasteiger partial charge in [0.1, 0.15) is 0 Å². The number of hydrogen-bond donors (Lipinski definition) is 0. The van der Waals surface area contributed by atoms with Crippen molar-refractivity contribution in [3.8, 4) is 0 Å². The summed E-state index contributed by atoms with van der Waals surface area (Å²) in [5, 5.41) is 7.10. The maximum atomic E-state index is 13.0. The average molecular weight is 449 g/mol. The number of carbonyl (C=O) groups is 1. The first-order valence-electron chi connectivity index (χ1n) is 10.8. The van der Waals surface area contributed by atoms with Gasteiger partial charge in [-0.25, -0.2) is 0 Å². The van der Waals surface area contributed by atoms with Crippen molar-refractivity contribution in [3.05, 3.63) is 45.9 Å². The van der Waals surface area contributed by atoms with Crippen molar-refractivity contribution in [3.63, 3.8) is 0 Å². The van der Waals surface area contributed by atoms with Crippen LogP contribution in [0.2, 0.25) is 5.02 Å². The predicted molar refractivity (Wildman–Crippen MR) is 119 cm³/mol. The molecule has 2 aromatic rings. The lowest BCUT2D eigenvalue weighted by Gasteiger charge is -2.33. The summed E-state index contributed by atoms with van der Waals surface area (Å²) in [5.41, 5.74) is 2.25. The normalized spacial score (nSPS) is 25.0. The molecule has 0 spiro atoms. The van der Waals surface area contributed by atoms with E-state index in [0.717, 1.165) is 56.2 Å². The van der Waals surface area contributed by atoms with Crippen LogP contribution in [0.5, 0.6) is 0 Å². The second kappa shape index (κ2) is 10.2. The summed E-state index contributed by atoms with van der Waals surface area (Å²) in [7, 11) is 0. The van der Waals surface area contributed by atoms with Crippen LogP contribution in [0.25, 0.3) is 0 Å². The van der Waals surface area contributed by atoms with E-state index in [2.05, 4.69) is 33.5 Å². The highest BCUT2D eigenvalue weighted by molar-refractivity contribution is 7.03. The quantitative estimate of drug-likeness (QED) is 0.644. The summed E-state index contributed by atoms with van der Waals surface area (Å²) in [6, 6.07) is 8.05. The molecule has 3 heterocycles. The third kappa shape index (κ3) is 5.19. The van der Waals surface area contributed by atoms with Crippen molar-refractivity contribution >= 4 is 29.0 Å². The number of carbonyl (C=O) groups excluding carboxylic acids is 1. The fourth-order valence-electron chi connectivity index (χ4n) is 4.57. The molecular weight excluding hydrogens is 420 g/mol. The van der Waals surface area contributed by atoms with Crippen LogP contribution < -0.4 is 0 Å². The fourth-order valence-corrected chi connectivity index (χ4v) is 5.22. The van der Waals surface area contributed by atoms with E-state index in [4.69, 9.17) is 16.3 Å². The number of ether oxygens (including phenoxy) is 1. The number of hydrogen-bond acceptors (Lipinski definition) is 6. The molecule has 0 aliphatic carbocycles. The third-order valence-electron chi connectivity index (χ3n) is 6.10. The van der Waals surface area contributed by atoms with Gasteiger partial charge in [-0.1, -0.05) is 35.1 Å². The molecule has 0 unspecified atom stereocenters. The molecular formula is C22H29ClN4O2S. The van der Waals surface area contributed by atoms with E-state index in [-0.39, 0.29) is 23.8 Å².